The smallest absolute Gasteiger partial charge is 0.105 e. The van der Waals surface area contributed by atoms with Crippen LogP contribution in [0.3, 0.4) is 0 Å². The average molecular weight is 278 g/mol. The Morgan fingerprint density at radius 2 is 1.95 bits per heavy atom. The predicted molar refractivity (Wildman–Crippen MR) is 79.5 cm³/mol. The van der Waals surface area contributed by atoms with Crippen molar-refractivity contribution in [2.45, 2.75) is 33.4 Å². The van der Waals surface area contributed by atoms with Crippen molar-refractivity contribution in [2.75, 3.05) is 6.54 Å². The van der Waals surface area contributed by atoms with Crippen molar-refractivity contribution in [3.8, 4) is 0 Å². The van der Waals surface area contributed by atoms with Crippen molar-refractivity contribution in [1.29, 1.82) is 0 Å². The summed E-state index contributed by atoms with van der Waals surface area (Å²) in [7, 11) is 0. The Labute approximate surface area is 119 Å². The molecule has 0 fully saturated rings. The van der Waals surface area contributed by atoms with Crippen LogP contribution in [0.15, 0.2) is 30.5 Å². The van der Waals surface area contributed by atoms with Crippen molar-refractivity contribution in [2.24, 2.45) is 0 Å². The van der Waals surface area contributed by atoms with E-state index < -0.39 is 0 Å². The van der Waals surface area contributed by atoms with Crippen LogP contribution in [-0.2, 0) is 13.1 Å². The Balaban J connectivity index is 1.67. The third-order valence-electron chi connectivity index (χ3n) is 3.09. The van der Waals surface area contributed by atoms with E-state index in [0.29, 0.717) is 0 Å². The summed E-state index contributed by atoms with van der Waals surface area (Å²) in [5, 5.41) is 4.23. The first kappa shape index (κ1) is 14.1. The first-order valence-corrected chi connectivity index (χ1v) is 6.98. The molecule has 0 aliphatic heterocycles. The number of aryl methyl sites for hydroxylation is 3. The van der Waals surface area contributed by atoms with E-state index >= 15 is 0 Å². The summed E-state index contributed by atoms with van der Waals surface area (Å²) in [5.74, 6) is 1.09. The van der Waals surface area contributed by atoms with Crippen LogP contribution in [0, 0.1) is 13.8 Å². The van der Waals surface area contributed by atoms with Gasteiger partial charge in [-0.3, -0.25) is 0 Å². The van der Waals surface area contributed by atoms with Crippen LogP contribution in [0.25, 0.3) is 0 Å². The number of rotatable bonds is 6. The fourth-order valence-electron chi connectivity index (χ4n) is 2.10. The maximum atomic E-state index is 5.85. The lowest BCUT2D eigenvalue weighted by Gasteiger charge is -2.07. The Hall–Kier alpha value is -1.32. The molecule has 0 spiro atoms. The van der Waals surface area contributed by atoms with E-state index in [9.17, 15) is 0 Å². The number of aromatic nitrogens is 2. The van der Waals surface area contributed by atoms with Gasteiger partial charge in [-0.25, -0.2) is 4.98 Å². The topological polar surface area (TPSA) is 29.9 Å². The van der Waals surface area contributed by atoms with Gasteiger partial charge in [0, 0.05) is 24.3 Å². The van der Waals surface area contributed by atoms with Crippen LogP contribution < -0.4 is 5.32 Å². The SMILES string of the molecule is Cc1cn(CCCNCc2ccc(Cl)cc2)c(C)n1. The standard InChI is InChI=1S/C15H20ClN3/c1-12-11-19(13(2)18-12)9-3-8-17-10-14-4-6-15(16)7-5-14/h4-7,11,17H,3,8-10H2,1-2H3. The van der Waals surface area contributed by atoms with Gasteiger partial charge in [-0.15, -0.1) is 0 Å². The minimum atomic E-state index is 0.787. The molecule has 0 unspecified atom stereocenters. The highest BCUT2D eigenvalue weighted by molar-refractivity contribution is 6.30. The highest BCUT2D eigenvalue weighted by Crippen LogP contribution is 2.09. The Morgan fingerprint density at radius 3 is 2.58 bits per heavy atom. The molecule has 19 heavy (non-hydrogen) atoms. The van der Waals surface area contributed by atoms with Gasteiger partial charge < -0.3 is 9.88 Å². The fraction of sp³-hybridized carbons (Fsp3) is 0.400. The highest BCUT2D eigenvalue weighted by atomic mass is 35.5. The zero-order chi connectivity index (χ0) is 13.7. The molecule has 3 nitrogen and oxygen atoms in total. The maximum Gasteiger partial charge on any atom is 0.105 e. The largest absolute Gasteiger partial charge is 0.335 e. The lowest BCUT2D eigenvalue weighted by atomic mass is 10.2. The summed E-state index contributed by atoms with van der Waals surface area (Å²) in [6.45, 7) is 6.98. The Kier molecular flexibility index (Phi) is 5.00. The molecule has 0 aliphatic carbocycles. The molecule has 2 rings (SSSR count). The lowest BCUT2D eigenvalue weighted by molar-refractivity contribution is 0.572. The normalized spacial score (nSPS) is 10.9. The van der Waals surface area contributed by atoms with Crippen molar-refractivity contribution in [3.63, 3.8) is 0 Å². The summed E-state index contributed by atoms with van der Waals surface area (Å²) >= 11 is 5.85. The molecular weight excluding hydrogens is 258 g/mol. The minimum absolute atomic E-state index is 0.787. The van der Waals surface area contributed by atoms with Crippen molar-refractivity contribution >= 4 is 11.6 Å². The second kappa shape index (κ2) is 6.73. The predicted octanol–water partition coefficient (Wildman–Crippen LogP) is 3.33. The van der Waals surface area contributed by atoms with E-state index in [1.54, 1.807) is 0 Å². The second-order valence-corrected chi connectivity index (χ2v) is 5.22. The van der Waals surface area contributed by atoms with Gasteiger partial charge in [0.2, 0.25) is 0 Å². The van der Waals surface area contributed by atoms with E-state index in [-0.39, 0.29) is 0 Å². The van der Waals surface area contributed by atoms with Crippen molar-refractivity contribution in [3.05, 3.63) is 52.6 Å². The van der Waals surface area contributed by atoms with E-state index in [4.69, 9.17) is 11.6 Å². The maximum absolute atomic E-state index is 5.85. The molecule has 1 aromatic carbocycles. The first-order chi connectivity index (χ1) is 9.15. The van der Waals surface area contributed by atoms with Gasteiger partial charge in [-0.2, -0.15) is 0 Å². The van der Waals surface area contributed by atoms with Gasteiger partial charge in [0.25, 0.3) is 0 Å². The number of nitrogens with one attached hydrogen (secondary N) is 1. The average Bonchev–Trinajstić information content (AvgIpc) is 2.70. The molecule has 0 bridgehead atoms. The zero-order valence-corrected chi connectivity index (χ0v) is 12.2. The molecule has 102 valence electrons. The van der Waals surface area contributed by atoms with Crippen molar-refractivity contribution < 1.29 is 0 Å². The molecule has 0 atom stereocenters. The molecule has 0 saturated heterocycles. The lowest BCUT2D eigenvalue weighted by Crippen LogP contribution is -2.16. The number of hydrogen-bond acceptors (Lipinski definition) is 2. The molecule has 1 heterocycles. The van der Waals surface area contributed by atoms with Crippen LogP contribution in [0.2, 0.25) is 5.02 Å². The van der Waals surface area contributed by atoms with E-state index in [0.717, 1.165) is 42.6 Å². The molecule has 1 N–H and O–H groups in total. The van der Waals surface area contributed by atoms with Crippen LogP contribution in [-0.4, -0.2) is 16.1 Å². The summed E-state index contributed by atoms with van der Waals surface area (Å²) in [4.78, 5) is 4.40. The number of benzene rings is 1. The minimum Gasteiger partial charge on any atom is -0.335 e. The van der Waals surface area contributed by atoms with Gasteiger partial charge in [-0.05, 0) is 44.5 Å². The zero-order valence-electron chi connectivity index (χ0n) is 11.5. The molecule has 0 amide bonds. The number of halogens is 1. The van der Waals surface area contributed by atoms with E-state index in [2.05, 4.69) is 33.2 Å². The molecule has 0 radical (unpaired) electrons. The Morgan fingerprint density at radius 1 is 1.21 bits per heavy atom. The first-order valence-electron chi connectivity index (χ1n) is 6.60. The van der Waals surface area contributed by atoms with Crippen LogP contribution in [0.4, 0.5) is 0 Å². The Bertz CT molecular complexity index is 517. The molecule has 4 heteroatoms. The summed E-state index contributed by atoms with van der Waals surface area (Å²) < 4.78 is 2.21. The fourth-order valence-corrected chi connectivity index (χ4v) is 2.23. The third kappa shape index (κ3) is 4.37. The van der Waals surface area contributed by atoms with E-state index in [1.165, 1.54) is 5.56 Å². The van der Waals surface area contributed by atoms with Gasteiger partial charge in [-0.1, -0.05) is 23.7 Å². The number of hydrogen-bond donors (Lipinski definition) is 1. The van der Waals surface area contributed by atoms with Gasteiger partial charge in [0.05, 0.1) is 5.69 Å². The van der Waals surface area contributed by atoms with E-state index in [1.807, 2.05) is 26.0 Å². The van der Waals surface area contributed by atoms with Gasteiger partial charge in [0.1, 0.15) is 5.82 Å². The summed E-state index contributed by atoms with van der Waals surface area (Å²) in [6, 6.07) is 7.96. The van der Waals surface area contributed by atoms with Crippen molar-refractivity contribution in [1.82, 2.24) is 14.9 Å². The monoisotopic (exact) mass is 277 g/mol. The number of imidazole rings is 1. The summed E-state index contributed by atoms with van der Waals surface area (Å²) in [5.41, 5.74) is 2.35. The molecule has 0 saturated carbocycles. The molecule has 0 aliphatic rings. The molecule has 2 aromatic rings. The van der Waals surface area contributed by atoms with Crippen LogP contribution in [0.5, 0.6) is 0 Å². The molecule has 1 aromatic heterocycles. The quantitative estimate of drug-likeness (QED) is 0.821. The molecular formula is C15H20ClN3. The van der Waals surface area contributed by atoms with Gasteiger partial charge in [0.15, 0.2) is 0 Å². The number of nitrogens with zero attached hydrogens (tertiary/aromatic N) is 2. The second-order valence-electron chi connectivity index (χ2n) is 4.78. The highest BCUT2D eigenvalue weighted by Gasteiger charge is 1.99. The van der Waals surface area contributed by atoms with Crippen LogP contribution >= 0.6 is 11.6 Å². The van der Waals surface area contributed by atoms with Crippen LogP contribution in [0.1, 0.15) is 23.5 Å². The third-order valence-corrected chi connectivity index (χ3v) is 3.34. The summed E-state index contributed by atoms with van der Waals surface area (Å²) in [6.07, 6.45) is 3.21. The van der Waals surface area contributed by atoms with Gasteiger partial charge >= 0.3 is 0 Å².